The minimum atomic E-state index is -1.20. The molecule has 252 valence electrons. The van der Waals surface area contributed by atoms with Gasteiger partial charge in [0.1, 0.15) is 24.4 Å². The summed E-state index contributed by atoms with van der Waals surface area (Å²) in [4.78, 5) is 71.4. The molecule has 3 N–H and O–H groups in total. The van der Waals surface area contributed by atoms with Crippen molar-refractivity contribution in [3.8, 4) is 0 Å². The maximum Gasteiger partial charge on any atom is 0.329 e. The number of carbonyl (C=O) groups is 3. The van der Waals surface area contributed by atoms with E-state index in [2.05, 4.69) is 16.0 Å². The second-order valence-electron chi connectivity index (χ2n) is 10.7. The number of nitrogens with zero attached hydrogens (tertiary/aromatic N) is 3. The average molecular weight is 671 g/mol. The fraction of sp³-hybridized carbons (Fsp3) is 0.182. The number of rotatable bonds is 16. The first-order chi connectivity index (χ1) is 23.5. The normalized spacial score (nSPS) is 11.8. The third-order valence-electron chi connectivity index (χ3n) is 7.17. The van der Waals surface area contributed by atoms with E-state index in [9.17, 15) is 44.7 Å². The Morgan fingerprint density at radius 1 is 0.633 bits per heavy atom. The van der Waals surface area contributed by atoms with Crippen LogP contribution >= 0.6 is 0 Å². The van der Waals surface area contributed by atoms with Crippen LogP contribution in [0, 0.1) is 30.3 Å². The number of nitro groups is 3. The van der Waals surface area contributed by atoms with Crippen molar-refractivity contribution in [1.82, 2.24) is 10.6 Å². The zero-order chi connectivity index (χ0) is 35.3. The van der Waals surface area contributed by atoms with Gasteiger partial charge in [0, 0.05) is 31.0 Å². The van der Waals surface area contributed by atoms with Gasteiger partial charge in [-0.1, -0.05) is 60.7 Å². The zero-order valence-corrected chi connectivity index (χ0v) is 25.7. The van der Waals surface area contributed by atoms with Crippen molar-refractivity contribution in [3.63, 3.8) is 0 Å². The number of benzene rings is 4. The number of hydrogen-bond acceptors (Lipinski definition) is 11. The Labute approximate surface area is 278 Å². The summed E-state index contributed by atoms with van der Waals surface area (Å²) in [7, 11) is 0. The van der Waals surface area contributed by atoms with Crippen molar-refractivity contribution in [1.29, 1.82) is 0 Å². The number of ether oxygens (including phenoxy) is 1. The molecule has 49 heavy (non-hydrogen) atoms. The summed E-state index contributed by atoms with van der Waals surface area (Å²) in [5, 5.41) is 41.4. The smallest absolute Gasteiger partial charge is 0.329 e. The second-order valence-corrected chi connectivity index (χ2v) is 10.7. The van der Waals surface area contributed by atoms with Crippen LogP contribution in [0.5, 0.6) is 0 Å². The predicted molar refractivity (Wildman–Crippen MR) is 175 cm³/mol. The molecule has 2 amide bonds. The molecule has 0 aliphatic rings. The average Bonchev–Trinajstić information content (AvgIpc) is 3.10. The van der Waals surface area contributed by atoms with Crippen molar-refractivity contribution in [3.05, 3.63) is 150 Å². The van der Waals surface area contributed by atoms with E-state index in [1.807, 2.05) is 0 Å². The number of carbonyl (C=O) groups excluding carboxylic acids is 3. The van der Waals surface area contributed by atoms with Gasteiger partial charge in [-0.05, 0) is 34.9 Å². The van der Waals surface area contributed by atoms with Crippen LogP contribution < -0.4 is 16.0 Å². The van der Waals surface area contributed by atoms with E-state index in [1.165, 1.54) is 24.3 Å². The maximum absolute atomic E-state index is 13.7. The molecule has 0 spiro atoms. The molecule has 0 fully saturated rings. The summed E-state index contributed by atoms with van der Waals surface area (Å²) < 4.78 is 5.47. The molecule has 4 rings (SSSR count). The lowest BCUT2D eigenvalue weighted by molar-refractivity contribution is -0.393. The van der Waals surface area contributed by atoms with E-state index in [-0.39, 0.29) is 30.8 Å². The van der Waals surface area contributed by atoms with Gasteiger partial charge in [0.2, 0.25) is 11.8 Å². The highest BCUT2D eigenvalue weighted by Crippen LogP contribution is 2.28. The first kappa shape index (κ1) is 35.1. The van der Waals surface area contributed by atoms with E-state index in [1.54, 1.807) is 60.7 Å². The van der Waals surface area contributed by atoms with Crippen LogP contribution in [0.3, 0.4) is 0 Å². The molecule has 16 heteroatoms. The van der Waals surface area contributed by atoms with Crippen LogP contribution in [-0.4, -0.2) is 51.2 Å². The van der Waals surface area contributed by atoms with Crippen LogP contribution in [0.25, 0.3) is 0 Å². The van der Waals surface area contributed by atoms with Crippen molar-refractivity contribution in [2.24, 2.45) is 0 Å². The lowest BCUT2D eigenvalue weighted by Gasteiger charge is -2.23. The van der Waals surface area contributed by atoms with Crippen molar-refractivity contribution < 1.29 is 33.9 Å². The summed E-state index contributed by atoms with van der Waals surface area (Å²) in [6, 6.07) is 23.5. The van der Waals surface area contributed by atoms with Gasteiger partial charge in [-0.2, -0.15) is 0 Å². The molecule has 16 nitrogen and oxygen atoms in total. The number of nitrogens with one attached hydrogen (secondary N) is 3. The first-order valence-electron chi connectivity index (χ1n) is 14.7. The Morgan fingerprint density at radius 2 is 1.18 bits per heavy atom. The summed E-state index contributed by atoms with van der Waals surface area (Å²) in [6.45, 7) is -0.745. The summed E-state index contributed by atoms with van der Waals surface area (Å²) in [5.74, 6) is -2.23. The lowest BCUT2D eigenvalue weighted by atomic mass is 10.0. The SMILES string of the molecule is O=C(CNc1ccc([N+](=O)[O-])cc1[N+](=O)[O-])NC(Cc1ccccc1)C(=O)NC(Cc1ccccc1)C(=O)OCc1ccc([N+](=O)[O-])cc1. The van der Waals surface area contributed by atoms with Crippen LogP contribution in [0.2, 0.25) is 0 Å². The van der Waals surface area contributed by atoms with Crippen molar-refractivity contribution in [2.75, 3.05) is 11.9 Å². The molecule has 0 saturated heterocycles. The zero-order valence-electron chi connectivity index (χ0n) is 25.7. The van der Waals surface area contributed by atoms with Gasteiger partial charge in [0.25, 0.3) is 17.1 Å². The summed E-state index contributed by atoms with van der Waals surface area (Å²) in [5.41, 5.74) is 0.485. The third kappa shape index (κ3) is 10.4. The van der Waals surface area contributed by atoms with Crippen molar-refractivity contribution >= 4 is 40.5 Å². The topological polar surface area (TPSA) is 226 Å². The van der Waals surface area contributed by atoms with Gasteiger partial charge in [-0.3, -0.25) is 39.9 Å². The Morgan fingerprint density at radius 3 is 1.73 bits per heavy atom. The fourth-order valence-electron chi connectivity index (χ4n) is 4.70. The molecule has 0 aliphatic carbocycles. The largest absolute Gasteiger partial charge is 0.459 e. The van der Waals surface area contributed by atoms with Crippen LogP contribution in [0.15, 0.2) is 103 Å². The molecule has 4 aromatic rings. The molecule has 0 heterocycles. The van der Waals surface area contributed by atoms with Gasteiger partial charge in [0.15, 0.2) is 0 Å². The van der Waals surface area contributed by atoms with Crippen molar-refractivity contribution in [2.45, 2.75) is 31.5 Å². The Balaban J connectivity index is 1.50. The van der Waals surface area contributed by atoms with Gasteiger partial charge >= 0.3 is 5.97 Å². The van der Waals surface area contributed by atoms with Crippen LogP contribution in [0.4, 0.5) is 22.7 Å². The lowest BCUT2D eigenvalue weighted by Crippen LogP contribution is -2.54. The minimum absolute atomic E-state index is 0.0198. The number of anilines is 1. The van der Waals surface area contributed by atoms with E-state index in [0.717, 1.165) is 18.2 Å². The molecule has 0 bridgehead atoms. The fourth-order valence-corrected chi connectivity index (χ4v) is 4.70. The standard InChI is InChI=1S/C33H30N6O10/c40-31(20-34-27-16-15-26(38(45)46)19-30(27)39(47)48)35-28(17-22-7-3-1-4-8-22)32(41)36-29(18-23-9-5-2-6-10-23)33(42)49-21-24-11-13-25(14-12-24)37(43)44/h1-16,19,28-29,34H,17-18,20-21H2,(H,35,40)(H,36,41). The summed E-state index contributed by atoms with van der Waals surface area (Å²) >= 11 is 0. The van der Waals surface area contributed by atoms with Gasteiger partial charge in [0.05, 0.1) is 27.4 Å². The third-order valence-corrected chi connectivity index (χ3v) is 7.17. The summed E-state index contributed by atoms with van der Waals surface area (Å²) in [6.07, 6.45) is 0.0645. The number of hydrogen-bond donors (Lipinski definition) is 3. The Kier molecular flexibility index (Phi) is 12.0. The van der Waals surface area contributed by atoms with Gasteiger partial charge < -0.3 is 20.7 Å². The van der Waals surface area contributed by atoms with E-state index < -0.39 is 62.6 Å². The Hall–Kier alpha value is -6.71. The maximum atomic E-state index is 13.7. The molecule has 0 aromatic heterocycles. The predicted octanol–water partition coefficient (Wildman–Crippen LogP) is 4.02. The van der Waals surface area contributed by atoms with E-state index in [4.69, 9.17) is 4.74 Å². The second kappa shape index (κ2) is 16.7. The quantitative estimate of drug-likeness (QED) is 0.0876. The van der Waals surface area contributed by atoms with E-state index >= 15 is 0 Å². The van der Waals surface area contributed by atoms with Gasteiger partial charge in [-0.25, -0.2) is 4.79 Å². The first-order valence-corrected chi connectivity index (χ1v) is 14.7. The molecular formula is C33H30N6O10. The number of nitro benzene ring substituents is 3. The molecule has 4 aromatic carbocycles. The highest BCUT2D eigenvalue weighted by molar-refractivity contribution is 5.92. The van der Waals surface area contributed by atoms with E-state index in [0.29, 0.717) is 16.7 Å². The van der Waals surface area contributed by atoms with Gasteiger partial charge in [-0.15, -0.1) is 0 Å². The monoisotopic (exact) mass is 670 g/mol. The molecule has 0 radical (unpaired) electrons. The number of esters is 1. The highest BCUT2D eigenvalue weighted by Gasteiger charge is 2.29. The minimum Gasteiger partial charge on any atom is -0.459 e. The number of amides is 2. The molecular weight excluding hydrogens is 640 g/mol. The molecule has 0 saturated carbocycles. The molecule has 2 atom stereocenters. The Bertz CT molecular complexity index is 1820. The number of non-ortho nitro benzene ring substituents is 2. The molecule has 0 aliphatic heterocycles. The molecule has 2 unspecified atom stereocenters. The highest BCUT2D eigenvalue weighted by atomic mass is 16.6. The van der Waals surface area contributed by atoms with Crippen LogP contribution in [-0.2, 0) is 38.6 Å². The van der Waals surface area contributed by atoms with Crippen LogP contribution in [0.1, 0.15) is 16.7 Å².